The van der Waals surface area contributed by atoms with E-state index in [-0.39, 0.29) is 5.91 Å². The number of anilines is 1. The maximum atomic E-state index is 11.8. The Labute approximate surface area is 155 Å². The molecule has 1 aliphatic heterocycles. The maximum Gasteiger partial charge on any atom is 0.227 e. The number of aryl methyl sites for hydroxylation is 1. The number of ether oxygens (including phenoxy) is 1. The van der Waals surface area contributed by atoms with Gasteiger partial charge < -0.3 is 15.0 Å². The zero-order chi connectivity index (χ0) is 17.9. The van der Waals surface area contributed by atoms with Crippen LogP contribution in [-0.4, -0.2) is 25.6 Å². The molecule has 0 radical (unpaired) electrons. The number of hydrogen-bond donors (Lipinski definition) is 1. The van der Waals surface area contributed by atoms with Gasteiger partial charge in [0.1, 0.15) is 5.75 Å². The third-order valence-corrected chi connectivity index (χ3v) is 5.56. The van der Waals surface area contributed by atoms with Crippen molar-refractivity contribution in [2.75, 3.05) is 18.6 Å². The largest absolute Gasteiger partial charge is 0.497 e. The van der Waals surface area contributed by atoms with Crippen LogP contribution in [0.2, 0.25) is 0 Å². The second-order valence-electron chi connectivity index (χ2n) is 7.27. The molecule has 2 aliphatic rings. The lowest BCUT2D eigenvalue weighted by molar-refractivity contribution is -0.117. The van der Waals surface area contributed by atoms with E-state index >= 15 is 0 Å². The minimum atomic E-state index is 0.244. The monoisotopic (exact) mass is 350 g/mol. The number of methoxy groups -OCH3 is 1. The molecule has 1 heterocycles. The van der Waals surface area contributed by atoms with Crippen LogP contribution in [-0.2, 0) is 24.2 Å². The minimum absolute atomic E-state index is 0.244. The van der Waals surface area contributed by atoms with Gasteiger partial charge in [0.2, 0.25) is 5.91 Å². The standard InChI is InChI=1S/C22H26N2O2/c1-26-21-11-7-17-13-19(8-6-18(17)14-21)23-15-16-4-9-20(10-5-16)24-12-2-3-22(24)25/h4-5,7,9-11,14,19,23H,2-3,6,8,12-13,15H2,1H3. The summed E-state index contributed by atoms with van der Waals surface area (Å²) in [6, 6.07) is 15.3. The van der Waals surface area contributed by atoms with E-state index in [9.17, 15) is 4.79 Å². The van der Waals surface area contributed by atoms with Crippen LogP contribution in [0.15, 0.2) is 42.5 Å². The molecule has 1 fully saturated rings. The van der Waals surface area contributed by atoms with Crippen molar-refractivity contribution >= 4 is 11.6 Å². The molecule has 0 saturated carbocycles. The summed E-state index contributed by atoms with van der Waals surface area (Å²) in [5.74, 6) is 1.19. The van der Waals surface area contributed by atoms with Crippen LogP contribution in [0.25, 0.3) is 0 Å². The average molecular weight is 350 g/mol. The number of amides is 1. The van der Waals surface area contributed by atoms with E-state index in [1.807, 2.05) is 4.90 Å². The van der Waals surface area contributed by atoms with Crippen molar-refractivity contribution in [3.8, 4) is 5.75 Å². The second kappa shape index (κ2) is 7.50. The number of nitrogens with one attached hydrogen (secondary N) is 1. The second-order valence-corrected chi connectivity index (χ2v) is 7.27. The molecule has 2 aromatic rings. The Bertz CT molecular complexity index is 785. The number of nitrogens with zero attached hydrogens (tertiary/aromatic N) is 1. The van der Waals surface area contributed by atoms with Crippen LogP contribution >= 0.6 is 0 Å². The Morgan fingerprint density at radius 1 is 1.12 bits per heavy atom. The van der Waals surface area contributed by atoms with Gasteiger partial charge in [0.05, 0.1) is 7.11 Å². The Morgan fingerprint density at radius 3 is 2.69 bits per heavy atom. The van der Waals surface area contributed by atoms with Crippen LogP contribution in [0.5, 0.6) is 5.75 Å². The average Bonchev–Trinajstić information content (AvgIpc) is 3.12. The summed E-state index contributed by atoms with van der Waals surface area (Å²) < 4.78 is 5.33. The SMILES string of the molecule is COc1ccc2c(c1)CCC(NCc1ccc(N3CCCC3=O)cc1)C2. The lowest BCUT2D eigenvalue weighted by Crippen LogP contribution is -2.34. The molecule has 0 aromatic heterocycles. The quantitative estimate of drug-likeness (QED) is 0.898. The molecule has 1 unspecified atom stereocenters. The summed E-state index contributed by atoms with van der Waals surface area (Å²) in [5, 5.41) is 3.69. The molecular formula is C22H26N2O2. The summed E-state index contributed by atoms with van der Waals surface area (Å²) in [4.78, 5) is 13.7. The van der Waals surface area contributed by atoms with E-state index in [4.69, 9.17) is 4.74 Å². The van der Waals surface area contributed by atoms with Crippen LogP contribution in [0.3, 0.4) is 0 Å². The smallest absolute Gasteiger partial charge is 0.227 e. The highest BCUT2D eigenvalue weighted by atomic mass is 16.5. The van der Waals surface area contributed by atoms with Gasteiger partial charge in [-0.2, -0.15) is 0 Å². The van der Waals surface area contributed by atoms with Gasteiger partial charge in [-0.1, -0.05) is 18.2 Å². The summed E-state index contributed by atoms with van der Waals surface area (Å²) in [7, 11) is 1.72. The number of benzene rings is 2. The van der Waals surface area contributed by atoms with Gasteiger partial charge in [-0.3, -0.25) is 4.79 Å². The van der Waals surface area contributed by atoms with Gasteiger partial charge in [0.25, 0.3) is 0 Å². The summed E-state index contributed by atoms with van der Waals surface area (Å²) in [6.45, 7) is 1.72. The number of hydrogen-bond acceptors (Lipinski definition) is 3. The van der Waals surface area contributed by atoms with E-state index in [1.165, 1.54) is 16.7 Å². The molecule has 0 spiro atoms. The predicted octanol–water partition coefficient (Wildman–Crippen LogP) is 3.47. The Morgan fingerprint density at radius 2 is 1.96 bits per heavy atom. The first kappa shape index (κ1) is 17.1. The van der Waals surface area contributed by atoms with Crippen molar-refractivity contribution in [3.63, 3.8) is 0 Å². The summed E-state index contributed by atoms with van der Waals surface area (Å²) in [5.41, 5.74) is 5.14. The molecule has 136 valence electrons. The fourth-order valence-corrected chi connectivity index (χ4v) is 4.01. The fraction of sp³-hybridized carbons (Fsp3) is 0.409. The first-order chi connectivity index (χ1) is 12.7. The van der Waals surface area contributed by atoms with Crippen LogP contribution in [0.4, 0.5) is 5.69 Å². The van der Waals surface area contributed by atoms with Gasteiger partial charge in [0, 0.05) is 31.2 Å². The Balaban J connectivity index is 1.33. The lowest BCUT2D eigenvalue weighted by atomic mass is 9.88. The molecule has 1 N–H and O–H groups in total. The van der Waals surface area contributed by atoms with Crippen LogP contribution in [0.1, 0.15) is 36.0 Å². The van der Waals surface area contributed by atoms with E-state index in [0.717, 1.165) is 50.2 Å². The normalized spacial score (nSPS) is 19.5. The zero-order valence-corrected chi connectivity index (χ0v) is 15.3. The zero-order valence-electron chi connectivity index (χ0n) is 15.3. The molecule has 1 saturated heterocycles. The van der Waals surface area contributed by atoms with Crippen molar-refractivity contribution in [1.82, 2.24) is 5.32 Å². The molecule has 1 atom stereocenters. The molecule has 4 heteroatoms. The van der Waals surface area contributed by atoms with Gasteiger partial charge in [0.15, 0.2) is 0 Å². The highest BCUT2D eigenvalue weighted by Gasteiger charge is 2.22. The molecule has 0 bridgehead atoms. The van der Waals surface area contributed by atoms with E-state index in [0.29, 0.717) is 12.5 Å². The first-order valence-corrected chi connectivity index (χ1v) is 9.51. The summed E-state index contributed by atoms with van der Waals surface area (Å²) >= 11 is 0. The minimum Gasteiger partial charge on any atom is -0.497 e. The van der Waals surface area contributed by atoms with Crippen molar-refractivity contribution in [2.45, 2.75) is 44.7 Å². The maximum absolute atomic E-state index is 11.8. The van der Waals surface area contributed by atoms with Gasteiger partial charge in [-0.15, -0.1) is 0 Å². The van der Waals surface area contributed by atoms with Crippen molar-refractivity contribution in [3.05, 3.63) is 59.2 Å². The molecule has 1 aliphatic carbocycles. The Kier molecular flexibility index (Phi) is 4.93. The highest BCUT2D eigenvalue weighted by Crippen LogP contribution is 2.26. The van der Waals surface area contributed by atoms with Crippen LogP contribution < -0.4 is 15.0 Å². The molecule has 4 nitrogen and oxygen atoms in total. The van der Waals surface area contributed by atoms with E-state index in [1.54, 1.807) is 7.11 Å². The fourth-order valence-electron chi connectivity index (χ4n) is 4.01. The molecule has 4 rings (SSSR count). The molecule has 1 amide bonds. The third-order valence-electron chi connectivity index (χ3n) is 5.56. The Hall–Kier alpha value is -2.33. The number of rotatable bonds is 5. The van der Waals surface area contributed by atoms with Crippen molar-refractivity contribution < 1.29 is 9.53 Å². The molecular weight excluding hydrogens is 324 g/mol. The van der Waals surface area contributed by atoms with Gasteiger partial charge >= 0.3 is 0 Å². The first-order valence-electron chi connectivity index (χ1n) is 9.51. The highest BCUT2D eigenvalue weighted by molar-refractivity contribution is 5.95. The summed E-state index contributed by atoms with van der Waals surface area (Å²) in [6.07, 6.45) is 4.97. The van der Waals surface area contributed by atoms with E-state index in [2.05, 4.69) is 47.8 Å². The molecule has 26 heavy (non-hydrogen) atoms. The predicted molar refractivity (Wildman–Crippen MR) is 104 cm³/mol. The van der Waals surface area contributed by atoms with Crippen LogP contribution in [0, 0.1) is 0 Å². The van der Waals surface area contributed by atoms with Crippen molar-refractivity contribution in [2.24, 2.45) is 0 Å². The topological polar surface area (TPSA) is 41.6 Å². The van der Waals surface area contributed by atoms with Gasteiger partial charge in [-0.25, -0.2) is 0 Å². The number of fused-ring (bicyclic) bond motifs is 1. The number of carbonyl (C=O) groups is 1. The number of carbonyl (C=O) groups excluding carboxylic acids is 1. The van der Waals surface area contributed by atoms with Gasteiger partial charge in [-0.05, 0) is 66.6 Å². The van der Waals surface area contributed by atoms with E-state index < -0.39 is 0 Å². The van der Waals surface area contributed by atoms with Crippen molar-refractivity contribution in [1.29, 1.82) is 0 Å². The molecule has 2 aromatic carbocycles. The lowest BCUT2D eigenvalue weighted by Gasteiger charge is -2.26. The third kappa shape index (κ3) is 3.61.